The summed E-state index contributed by atoms with van der Waals surface area (Å²) in [5, 5.41) is 4.01. The molecule has 0 saturated heterocycles. The van der Waals surface area contributed by atoms with Crippen LogP contribution in [0, 0.1) is 5.82 Å². The number of alkyl halides is 3. The van der Waals surface area contributed by atoms with Gasteiger partial charge in [-0.05, 0) is 60.4 Å². The van der Waals surface area contributed by atoms with E-state index in [-0.39, 0.29) is 5.69 Å². The zero-order valence-electron chi connectivity index (χ0n) is 16.4. The Bertz CT molecular complexity index is 1220. The van der Waals surface area contributed by atoms with Gasteiger partial charge >= 0.3 is 6.18 Å². The fourth-order valence-electron chi connectivity index (χ4n) is 3.41. The summed E-state index contributed by atoms with van der Waals surface area (Å²) in [5.41, 5.74) is 3.34. The topological polar surface area (TPSA) is 40.7 Å². The highest BCUT2D eigenvalue weighted by Gasteiger charge is 2.29. The summed E-state index contributed by atoms with van der Waals surface area (Å²) in [6.07, 6.45) is 0.226. The van der Waals surface area contributed by atoms with Crippen molar-refractivity contribution in [2.45, 2.75) is 19.0 Å². The number of benzene rings is 2. The molecular formula is C24H19F4N3. The molecule has 0 unspecified atom stereocenters. The van der Waals surface area contributed by atoms with E-state index >= 15 is 0 Å². The molecule has 0 aliphatic rings. The zero-order valence-corrected chi connectivity index (χ0v) is 16.4. The molecule has 4 rings (SSSR count). The third-order valence-corrected chi connectivity index (χ3v) is 5.06. The number of aromatic nitrogens is 2. The number of nitrogens with one attached hydrogen (secondary N) is 2. The zero-order chi connectivity index (χ0) is 22.0. The smallest absolute Gasteiger partial charge is 0.359 e. The van der Waals surface area contributed by atoms with E-state index in [4.69, 9.17) is 0 Å². The molecule has 2 N–H and O–H groups in total. The molecule has 2 aromatic carbocycles. The summed E-state index contributed by atoms with van der Waals surface area (Å²) < 4.78 is 52.1. The Morgan fingerprint density at radius 2 is 1.71 bits per heavy atom. The van der Waals surface area contributed by atoms with E-state index in [0.717, 1.165) is 39.8 Å². The van der Waals surface area contributed by atoms with Gasteiger partial charge in [0.25, 0.3) is 0 Å². The lowest BCUT2D eigenvalue weighted by Crippen LogP contribution is -2.04. The van der Waals surface area contributed by atoms with Gasteiger partial charge in [-0.1, -0.05) is 24.8 Å². The van der Waals surface area contributed by atoms with Crippen LogP contribution in [0.15, 0.2) is 73.6 Å². The number of pyridine rings is 1. The van der Waals surface area contributed by atoms with Gasteiger partial charge in [0.05, 0.1) is 16.9 Å². The molecule has 0 spiro atoms. The van der Waals surface area contributed by atoms with Crippen LogP contribution in [0.3, 0.4) is 0 Å². The number of hydrogen-bond acceptors (Lipinski definition) is 2. The van der Waals surface area contributed by atoms with Gasteiger partial charge in [0.1, 0.15) is 5.69 Å². The Morgan fingerprint density at radius 1 is 1.00 bits per heavy atom. The van der Waals surface area contributed by atoms with Crippen LogP contribution < -0.4 is 5.32 Å². The number of aryl methyl sites for hydroxylation is 2. The van der Waals surface area contributed by atoms with Crippen molar-refractivity contribution in [1.82, 2.24) is 9.97 Å². The Balaban J connectivity index is 1.49. The first-order valence-electron chi connectivity index (χ1n) is 9.64. The molecule has 0 fully saturated rings. The Kier molecular flexibility index (Phi) is 5.50. The van der Waals surface area contributed by atoms with Gasteiger partial charge in [0.15, 0.2) is 5.82 Å². The molecule has 0 aliphatic heterocycles. The fourth-order valence-corrected chi connectivity index (χ4v) is 3.41. The average Bonchev–Trinajstić information content (AvgIpc) is 3.14. The summed E-state index contributed by atoms with van der Waals surface area (Å²) in [6, 6.07) is 14.0. The number of fused-ring (bicyclic) bond motifs is 1. The van der Waals surface area contributed by atoms with Gasteiger partial charge in [0.2, 0.25) is 0 Å². The number of nitrogens with zero attached hydrogens (tertiary/aromatic N) is 1. The van der Waals surface area contributed by atoms with Crippen molar-refractivity contribution < 1.29 is 17.6 Å². The number of anilines is 1. The summed E-state index contributed by atoms with van der Waals surface area (Å²) >= 11 is 0. The predicted octanol–water partition coefficient (Wildman–Crippen LogP) is 6.59. The highest BCUT2D eigenvalue weighted by atomic mass is 19.4. The second-order valence-corrected chi connectivity index (χ2v) is 7.21. The normalized spacial score (nSPS) is 11.6. The standard InChI is InChI=1S/C24H19F4N3/c1-15(23-20(25)3-2-12-29-23)31-22-14-30-21-11-8-17(13-19(21)22)5-4-16-6-9-18(10-7-16)24(26,27)28/h2-3,6-14,30-31H,1,4-5H2. The molecule has 158 valence electrons. The van der Waals surface area contributed by atoms with Gasteiger partial charge in [-0.15, -0.1) is 0 Å². The van der Waals surface area contributed by atoms with E-state index in [1.165, 1.54) is 30.5 Å². The molecule has 0 bridgehead atoms. The quantitative estimate of drug-likeness (QED) is 0.342. The molecule has 4 aromatic rings. The highest BCUT2D eigenvalue weighted by molar-refractivity contribution is 5.96. The number of H-pyrrole nitrogens is 1. The van der Waals surface area contributed by atoms with E-state index in [1.807, 2.05) is 18.2 Å². The van der Waals surface area contributed by atoms with Gasteiger partial charge < -0.3 is 10.3 Å². The summed E-state index contributed by atoms with van der Waals surface area (Å²) in [4.78, 5) is 7.18. The molecule has 2 heterocycles. The summed E-state index contributed by atoms with van der Waals surface area (Å²) in [5.74, 6) is -0.461. The van der Waals surface area contributed by atoms with Crippen molar-refractivity contribution in [1.29, 1.82) is 0 Å². The average molecular weight is 425 g/mol. The van der Waals surface area contributed by atoms with Crippen LogP contribution in [0.4, 0.5) is 23.2 Å². The minimum absolute atomic E-state index is 0.148. The maximum atomic E-state index is 14.0. The van der Waals surface area contributed by atoms with E-state index in [2.05, 4.69) is 21.9 Å². The molecule has 31 heavy (non-hydrogen) atoms. The SMILES string of the molecule is C=C(Nc1c[nH]c2ccc(CCc3ccc(C(F)(F)F)cc3)cc12)c1ncccc1F. The molecule has 0 atom stereocenters. The third-order valence-electron chi connectivity index (χ3n) is 5.06. The molecule has 0 saturated carbocycles. The van der Waals surface area contributed by atoms with Crippen molar-refractivity contribution in [3.05, 3.63) is 102 Å². The Hall–Kier alpha value is -3.61. The number of hydrogen-bond donors (Lipinski definition) is 2. The van der Waals surface area contributed by atoms with Crippen LogP contribution in [-0.2, 0) is 19.0 Å². The monoisotopic (exact) mass is 425 g/mol. The minimum atomic E-state index is -4.33. The van der Waals surface area contributed by atoms with Gasteiger partial charge in [-0.3, -0.25) is 4.98 Å². The molecule has 2 aromatic heterocycles. The lowest BCUT2D eigenvalue weighted by molar-refractivity contribution is -0.137. The third kappa shape index (κ3) is 4.60. The predicted molar refractivity (Wildman–Crippen MR) is 114 cm³/mol. The van der Waals surface area contributed by atoms with Crippen molar-refractivity contribution in [2.24, 2.45) is 0 Å². The number of rotatable bonds is 6. The lowest BCUT2D eigenvalue weighted by Gasteiger charge is -2.10. The molecular weight excluding hydrogens is 406 g/mol. The van der Waals surface area contributed by atoms with E-state index in [1.54, 1.807) is 6.20 Å². The van der Waals surface area contributed by atoms with Crippen LogP contribution in [0.2, 0.25) is 0 Å². The number of halogens is 4. The largest absolute Gasteiger partial charge is 0.416 e. The van der Waals surface area contributed by atoms with Crippen LogP contribution in [0.25, 0.3) is 16.6 Å². The van der Waals surface area contributed by atoms with E-state index in [0.29, 0.717) is 18.5 Å². The highest BCUT2D eigenvalue weighted by Crippen LogP contribution is 2.30. The van der Waals surface area contributed by atoms with E-state index < -0.39 is 17.6 Å². The first-order chi connectivity index (χ1) is 14.8. The van der Waals surface area contributed by atoms with E-state index in [9.17, 15) is 17.6 Å². The van der Waals surface area contributed by atoms with Gasteiger partial charge in [0, 0.05) is 23.3 Å². The van der Waals surface area contributed by atoms with Crippen molar-refractivity contribution >= 4 is 22.3 Å². The maximum absolute atomic E-state index is 14.0. The Morgan fingerprint density at radius 3 is 2.42 bits per heavy atom. The van der Waals surface area contributed by atoms with Crippen LogP contribution in [0.1, 0.15) is 22.4 Å². The maximum Gasteiger partial charge on any atom is 0.416 e. The molecule has 0 aliphatic carbocycles. The molecule has 0 amide bonds. The fraction of sp³-hybridized carbons (Fsp3) is 0.125. The van der Waals surface area contributed by atoms with Gasteiger partial charge in [-0.25, -0.2) is 4.39 Å². The lowest BCUT2D eigenvalue weighted by atomic mass is 10.0. The number of aromatic amines is 1. The molecule has 7 heteroatoms. The first-order valence-corrected chi connectivity index (χ1v) is 9.64. The van der Waals surface area contributed by atoms with Gasteiger partial charge in [-0.2, -0.15) is 13.2 Å². The van der Waals surface area contributed by atoms with Crippen molar-refractivity contribution in [3.63, 3.8) is 0 Å². The summed E-state index contributed by atoms with van der Waals surface area (Å²) in [7, 11) is 0. The second kappa shape index (κ2) is 8.26. The van der Waals surface area contributed by atoms with Crippen LogP contribution >= 0.6 is 0 Å². The van der Waals surface area contributed by atoms with Crippen molar-refractivity contribution in [2.75, 3.05) is 5.32 Å². The molecule has 3 nitrogen and oxygen atoms in total. The van der Waals surface area contributed by atoms with Crippen molar-refractivity contribution in [3.8, 4) is 0 Å². The second-order valence-electron chi connectivity index (χ2n) is 7.21. The first kappa shape index (κ1) is 20.7. The van der Waals surface area contributed by atoms with Crippen LogP contribution in [-0.4, -0.2) is 9.97 Å². The molecule has 0 radical (unpaired) electrons. The minimum Gasteiger partial charge on any atom is -0.359 e. The Labute approximate surface area is 176 Å². The summed E-state index contributed by atoms with van der Waals surface area (Å²) in [6.45, 7) is 3.88. The van der Waals surface area contributed by atoms with Crippen LogP contribution in [0.5, 0.6) is 0 Å².